The van der Waals surface area contributed by atoms with Gasteiger partial charge in [-0.05, 0) is 43.0 Å². The number of ether oxygens (including phenoxy) is 1. The zero-order chi connectivity index (χ0) is 19.1. The summed E-state index contributed by atoms with van der Waals surface area (Å²) in [4.78, 5) is 4.47. The molecule has 6 nitrogen and oxygen atoms in total. The minimum atomic E-state index is 0.237. The van der Waals surface area contributed by atoms with Crippen LogP contribution in [0.15, 0.2) is 24.3 Å². The highest BCUT2D eigenvalue weighted by Gasteiger charge is 2.20. The lowest BCUT2D eigenvalue weighted by Crippen LogP contribution is -2.14. The molecule has 0 radical (unpaired) electrons. The Morgan fingerprint density at radius 3 is 2.50 bits per heavy atom. The second-order valence-corrected chi connectivity index (χ2v) is 6.58. The minimum absolute atomic E-state index is 0.237. The lowest BCUT2D eigenvalue weighted by Gasteiger charge is -2.20. The molecule has 0 saturated carbocycles. The van der Waals surface area contributed by atoms with Gasteiger partial charge in [0.15, 0.2) is 0 Å². The van der Waals surface area contributed by atoms with Crippen molar-refractivity contribution in [1.29, 1.82) is 5.26 Å². The maximum Gasteiger partial charge on any atom is 0.144 e. The van der Waals surface area contributed by atoms with Crippen molar-refractivity contribution in [2.24, 2.45) is 11.7 Å². The maximum absolute atomic E-state index is 9.69. The summed E-state index contributed by atoms with van der Waals surface area (Å²) in [5.74, 6) is 2.13. The fourth-order valence-corrected chi connectivity index (χ4v) is 2.89. The number of nitrogens with two attached hydrogens (primary N) is 2. The SMILES string of the molecule is COc1ccc(-c2c(C#N)c(N)nc(NCCCN)c2CC(C)C)cc1. The second kappa shape index (κ2) is 9.07. The number of benzene rings is 1. The van der Waals surface area contributed by atoms with E-state index in [2.05, 4.69) is 30.2 Å². The Kier molecular flexibility index (Phi) is 6.81. The highest BCUT2D eigenvalue weighted by atomic mass is 16.5. The van der Waals surface area contributed by atoms with E-state index in [9.17, 15) is 5.26 Å². The van der Waals surface area contributed by atoms with Crippen molar-refractivity contribution >= 4 is 11.6 Å². The Morgan fingerprint density at radius 2 is 1.96 bits per heavy atom. The van der Waals surface area contributed by atoms with Gasteiger partial charge in [0.05, 0.1) is 7.11 Å². The van der Waals surface area contributed by atoms with Gasteiger partial charge in [0.2, 0.25) is 0 Å². The van der Waals surface area contributed by atoms with Gasteiger partial charge in [-0.2, -0.15) is 5.26 Å². The molecule has 1 aromatic heterocycles. The van der Waals surface area contributed by atoms with E-state index in [-0.39, 0.29) is 5.82 Å². The van der Waals surface area contributed by atoms with Crippen LogP contribution < -0.4 is 21.5 Å². The van der Waals surface area contributed by atoms with Gasteiger partial charge in [0, 0.05) is 17.7 Å². The van der Waals surface area contributed by atoms with Crippen LogP contribution in [-0.4, -0.2) is 25.2 Å². The van der Waals surface area contributed by atoms with Gasteiger partial charge in [-0.1, -0.05) is 26.0 Å². The predicted octanol–water partition coefficient (Wildman–Crippen LogP) is 3.17. The van der Waals surface area contributed by atoms with E-state index in [0.29, 0.717) is 24.6 Å². The summed E-state index contributed by atoms with van der Waals surface area (Å²) >= 11 is 0. The normalized spacial score (nSPS) is 10.6. The number of nitrogens with zero attached hydrogens (tertiary/aromatic N) is 2. The highest BCUT2D eigenvalue weighted by molar-refractivity contribution is 5.82. The molecule has 138 valence electrons. The Hall–Kier alpha value is -2.78. The number of nitrogen functional groups attached to an aromatic ring is 1. The number of nitriles is 1. The molecule has 0 bridgehead atoms. The van der Waals surface area contributed by atoms with Crippen LogP contribution in [0.2, 0.25) is 0 Å². The molecular formula is C20H27N5O. The lowest BCUT2D eigenvalue weighted by molar-refractivity contribution is 0.415. The van der Waals surface area contributed by atoms with Gasteiger partial charge in [0.1, 0.15) is 29.0 Å². The quantitative estimate of drug-likeness (QED) is 0.629. The number of nitrogens with one attached hydrogen (secondary N) is 1. The van der Waals surface area contributed by atoms with Crippen molar-refractivity contribution in [2.75, 3.05) is 31.2 Å². The molecule has 0 aliphatic heterocycles. The van der Waals surface area contributed by atoms with Gasteiger partial charge >= 0.3 is 0 Å². The Morgan fingerprint density at radius 1 is 1.27 bits per heavy atom. The molecule has 0 spiro atoms. The molecule has 6 heteroatoms. The molecule has 0 unspecified atom stereocenters. The van der Waals surface area contributed by atoms with Crippen molar-refractivity contribution in [3.05, 3.63) is 35.4 Å². The third-order valence-corrected chi connectivity index (χ3v) is 4.10. The smallest absolute Gasteiger partial charge is 0.144 e. The summed E-state index contributed by atoms with van der Waals surface area (Å²) < 4.78 is 5.24. The van der Waals surface area contributed by atoms with Crippen molar-refractivity contribution < 1.29 is 4.74 Å². The van der Waals surface area contributed by atoms with E-state index < -0.39 is 0 Å². The standard InChI is InChI=1S/C20H27N5O/c1-13(2)11-16-18(14-5-7-15(26-3)8-6-14)17(12-22)19(23)25-20(16)24-10-4-9-21/h5-8,13H,4,9-11,21H2,1-3H3,(H3,23,24,25). The first-order valence-electron chi connectivity index (χ1n) is 8.82. The van der Waals surface area contributed by atoms with Crippen LogP contribution >= 0.6 is 0 Å². The van der Waals surface area contributed by atoms with E-state index in [1.54, 1.807) is 7.11 Å². The lowest BCUT2D eigenvalue weighted by atomic mass is 9.90. The molecule has 26 heavy (non-hydrogen) atoms. The van der Waals surface area contributed by atoms with Gasteiger partial charge in [-0.25, -0.2) is 4.98 Å². The molecular weight excluding hydrogens is 326 g/mol. The number of aromatic nitrogens is 1. The summed E-state index contributed by atoms with van der Waals surface area (Å²) in [7, 11) is 1.63. The molecule has 0 atom stereocenters. The highest BCUT2D eigenvalue weighted by Crippen LogP contribution is 2.36. The zero-order valence-electron chi connectivity index (χ0n) is 15.7. The van der Waals surface area contributed by atoms with Crippen LogP contribution in [0.4, 0.5) is 11.6 Å². The zero-order valence-corrected chi connectivity index (χ0v) is 15.7. The maximum atomic E-state index is 9.69. The molecule has 0 amide bonds. The summed E-state index contributed by atoms with van der Waals surface area (Å²) in [5.41, 5.74) is 14.9. The number of rotatable bonds is 8. The second-order valence-electron chi connectivity index (χ2n) is 6.58. The summed E-state index contributed by atoms with van der Waals surface area (Å²) in [5, 5.41) is 13.0. The predicted molar refractivity (Wildman–Crippen MR) is 106 cm³/mol. The van der Waals surface area contributed by atoms with Gasteiger partial charge in [-0.15, -0.1) is 0 Å². The third-order valence-electron chi connectivity index (χ3n) is 4.10. The number of anilines is 2. The summed E-state index contributed by atoms with van der Waals surface area (Å²) in [6.45, 7) is 5.60. The molecule has 0 aliphatic carbocycles. The largest absolute Gasteiger partial charge is 0.497 e. The molecule has 5 N–H and O–H groups in total. The molecule has 0 fully saturated rings. The van der Waals surface area contributed by atoms with Crippen molar-refractivity contribution in [2.45, 2.75) is 26.7 Å². The van der Waals surface area contributed by atoms with Crippen LogP contribution in [0.3, 0.4) is 0 Å². The van der Waals surface area contributed by atoms with Gasteiger partial charge in [-0.3, -0.25) is 0 Å². The average molecular weight is 353 g/mol. The molecule has 2 aromatic rings. The molecule has 1 aromatic carbocycles. The Labute approximate surface area is 155 Å². The van der Waals surface area contributed by atoms with E-state index in [0.717, 1.165) is 41.1 Å². The fourth-order valence-electron chi connectivity index (χ4n) is 2.89. The van der Waals surface area contributed by atoms with Crippen molar-refractivity contribution in [1.82, 2.24) is 4.98 Å². The van der Waals surface area contributed by atoms with Gasteiger partial charge < -0.3 is 21.5 Å². The summed E-state index contributed by atoms with van der Waals surface area (Å²) in [6.07, 6.45) is 1.62. The first-order chi connectivity index (χ1) is 12.5. The van der Waals surface area contributed by atoms with Crippen LogP contribution in [0.25, 0.3) is 11.1 Å². The van der Waals surface area contributed by atoms with Crippen LogP contribution in [0, 0.1) is 17.2 Å². The van der Waals surface area contributed by atoms with E-state index in [1.165, 1.54) is 0 Å². The van der Waals surface area contributed by atoms with Crippen LogP contribution in [0.1, 0.15) is 31.4 Å². The van der Waals surface area contributed by atoms with Crippen LogP contribution in [-0.2, 0) is 6.42 Å². The number of hydrogen-bond acceptors (Lipinski definition) is 6. The van der Waals surface area contributed by atoms with Gasteiger partial charge in [0.25, 0.3) is 0 Å². The molecule has 0 saturated heterocycles. The van der Waals surface area contributed by atoms with E-state index >= 15 is 0 Å². The number of hydrogen-bond donors (Lipinski definition) is 3. The van der Waals surface area contributed by atoms with Crippen molar-refractivity contribution in [3.63, 3.8) is 0 Å². The monoisotopic (exact) mass is 353 g/mol. The average Bonchev–Trinajstić information content (AvgIpc) is 2.63. The topological polar surface area (TPSA) is 110 Å². The molecule has 1 heterocycles. The summed E-state index contributed by atoms with van der Waals surface area (Å²) in [6, 6.07) is 9.89. The van der Waals surface area contributed by atoms with E-state index in [1.807, 2.05) is 24.3 Å². The first kappa shape index (κ1) is 19.5. The Balaban J connectivity index is 2.65. The first-order valence-corrected chi connectivity index (χ1v) is 8.82. The number of pyridine rings is 1. The third kappa shape index (κ3) is 4.44. The number of methoxy groups -OCH3 is 1. The fraction of sp³-hybridized carbons (Fsp3) is 0.400. The molecule has 0 aliphatic rings. The molecule has 2 rings (SSSR count). The van der Waals surface area contributed by atoms with E-state index in [4.69, 9.17) is 16.2 Å². The Bertz CT molecular complexity index is 778. The van der Waals surface area contributed by atoms with Crippen LogP contribution in [0.5, 0.6) is 5.75 Å². The minimum Gasteiger partial charge on any atom is -0.497 e. The van der Waals surface area contributed by atoms with Crippen molar-refractivity contribution in [3.8, 4) is 22.9 Å².